The van der Waals surface area contributed by atoms with Gasteiger partial charge in [0.2, 0.25) is 0 Å². The Hall–Kier alpha value is -2.93. The molecular weight excluding hydrogens is 417 g/mol. The van der Waals surface area contributed by atoms with E-state index in [1.807, 2.05) is 30.7 Å². The van der Waals surface area contributed by atoms with E-state index in [0.29, 0.717) is 12.8 Å². The number of halogens is 1. The van der Waals surface area contributed by atoms with Gasteiger partial charge in [-0.3, -0.25) is 4.79 Å². The number of hydrogen-bond donors (Lipinski definition) is 0. The average molecular weight is 444 g/mol. The number of carbonyl (C=O) groups is 1. The van der Waals surface area contributed by atoms with Gasteiger partial charge in [0.25, 0.3) is 0 Å². The van der Waals surface area contributed by atoms with Crippen molar-refractivity contribution in [3.63, 3.8) is 0 Å². The summed E-state index contributed by atoms with van der Waals surface area (Å²) < 4.78 is 44.8. The van der Waals surface area contributed by atoms with E-state index in [9.17, 15) is 17.6 Å². The maximum Gasteiger partial charge on any atom is 0.305 e. The van der Waals surface area contributed by atoms with Crippen molar-refractivity contribution in [2.45, 2.75) is 38.0 Å². The maximum absolute atomic E-state index is 13.4. The lowest BCUT2D eigenvalue weighted by molar-refractivity contribution is -0.143. The predicted molar refractivity (Wildman–Crippen MR) is 119 cm³/mol. The lowest BCUT2D eigenvalue weighted by atomic mass is 10.0. The Bertz CT molecular complexity index is 1180. The van der Waals surface area contributed by atoms with Gasteiger partial charge in [-0.15, -0.1) is 0 Å². The van der Waals surface area contributed by atoms with Crippen molar-refractivity contribution in [1.29, 1.82) is 0 Å². The van der Waals surface area contributed by atoms with E-state index in [-0.39, 0.29) is 23.3 Å². The van der Waals surface area contributed by atoms with Crippen molar-refractivity contribution in [1.82, 2.24) is 4.57 Å². The number of hydrogen-bond acceptors (Lipinski definition) is 4. The van der Waals surface area contributed by atoms with E-state index in [4.69, 9.17) is 4.74 Å². The standard InChI is InChI=1S/C24H26FNO4S/c1-4-6-24(27)30-14-13-22-17(2)26(20-11-9-19(25)10-12-20)16-23(22)18-7-5-8-21(15-18)31(3,28)29/h5,7-12,15-16H,4,6,13-14H2,1-3H3. The van der Waals surface area contributed by atoms with Crippen molar-refractivity contribution in [3.05, 3.63) is 71.8 Å². The van der Waals surface area contributed by atoms with Crippen LogP contribution in [0.3, 0.4) is 0 Å². The van der Waals surface area contributed by atoms with Crippen LogP contribution in [0.2, 0.25) is 0 Å². The predicted octanol–water partition coefficient (Wildman–Crippen LogP) is 4.88. The Morgan fingerprint density at radius 1 is 1.13 bits per heavy atom. The largest absolute Gasteiger partial charge is 0.465 e. The third-order valence-corrected chi connectivity index (χ3v) is 6.24. The normalized spacial score (nSPS) is 11.5. The van der Waals surface area contributed by atoms with Gasteiger partial charge in [0.15, 0.2) is 9.84 Å². The van der Waals surface area contributed by atoms with Crippen molar-refractivity contribution < 1.29 is 22.3 Å². The van der Waals surface area contributed by atoms with E-state index in [1.54, 1.807) is 30.3 Å². The van der Waals surface area contributed by atoms with Crippen LogP contribution < -0.4 is 0 Å². The second-order valence-electron chi connectivity index (χ2n) is 7.47. The van der Waals surface area contributed by atoms with Crippen molar-refractivity contribution in [2.75, 3.05) is 12.9 Å². The summed E-state index contributed by atoms with van der Waals surface area (Å²) in [6.45, 7) is 4.09. The number of esters is 1. The number of aromatic nitrogens is 1. The second kappa shape index (κ2) is 9.47. The Kier molecular flexibility index (Phi) is 6.95. The maximum atomic E-state index is 13.4. The van der Waals surface area contributed by atoms with Gasteiger partial charge in [0, 0.05) is 42.2 Å². The van der Waals surface area contributed by atoms with Crippen LogP contribution in [0.1, 0.15) is 31.0 Å². The van der Waals surface area contributed by atoms with Gasteiger partial charge in [0.05, 0.1) is 11.5 Å². The van der Waals surface area contributed by atoms with E-state index in [2.05, 4.69) is 0 Å². The number of nitrogens with zero attached hydrogens (tertiary/aromatic N) is 1. The van der Waals surface area contributed by atoms with E-state index >= 15 is 0 Å². The average Bonchev–Trinajstić information content (AvgIpc) is 3.05. The molecule has 7 heteroatoms. The summed E-state index contributed by atoms with van der Waals surface area (Å²) in [5, 5.41) is 0. The fourth-order valence-corrected chi connectivity index (χ4v) is 4.18. The van der Waals surface area contributed by atoms with Crippen LogP contribution in [-0.4, -0.2) is 31.8 Å². The minimum Gasteiger partial charge on any atom is -0.465 e. The van der Waals surface area contributed by atoms with E-state index in [0.717, 1.165) is 34.5 Å². The van der Waals surface area contributed by atoms with Crippen LogP contribution in [0.15, 0.2) is 59.6 Å². The minimum absolute atomic E-state index is 0.228. The molecule has 0 aliphatic carbocycles. The molecule has 0 amide bonds. The topological polar surface area (TPSA) is 65.4 Å². The summed E-state index contributed by atoms with van der Waals surface area (Å²) in [5.74, 6) is -0.559. The first-order valence-corrected chi connectivity index (χ1v) is 12.0. The smallest absolute Gasteiger partial charge is 0.305 e. The first-order valence-electron chi connectivity index (χ1n) is 10.1. The molecule has 0 N–H and O–H groups in total. The van der Waals surface area contributed by atoms with Gasteiger partial charge >= 0.3 is 5.97 Å². The molecular formula is C24H26FNO4S. The van der Waals surface area contributed by atoms with E-state index < -0.39 is 9.84 Å². The van der Waals surface area contributed by atoms with Crippen LogP contribution in [0.4, 0.5) is 4.39 Å². The van der Waals surface area contributed by atoms with Gasteiger partial charge < -0.3 is 9.30 Å². The zero-order valence-electron chi connectivity index (χ0n) is 17.9. The van der Waals surface area contributed by atoms with Crippen molar-refractivity contribution in [2.24, 2.45) is 0 Å². The Balaban J connectivity index is 2.05. The number of carbonyl (C=O) groups excluding carboxylic acids is 1. The van der Waals surface area contributed by atoms with Gasteiger partial charge in [-0.25, -0.2) is 12.8 Å². The summed E-state index contributed by atoms with van der Waals surface area (Å²) in [6.07, 6.45) is 4.66. The number of benzene rings is 2. The van der Waals surface area contributed by atoms with Gasteiger partial charge in [-0.1, -0.05) is 19.1 Å². The third-order valence-electron chi connectivity index (χ3n) is 5.13. The highest BCUT2D eigenvalue weighted by Crippen LogP contribution is 2.32. The van der Waals surface area contributed by atoms with Crippen LogP contribution >= 0.6 is 0 Å². The molecule has 2 aromatic carbocycles. The molecule has 0 bridgehead atoms. The summed E-state index contributed by atoms with van der Waals surface area (Å²) >= 11 is 0. The highest BCUT2D eigenvalue weighted by atomic mass is 32.2. The lowest BCUT2D eigenvalue weighted by Crippen LogP contribution is -2.08. The monoisotopic (exact) mass is 443 g/mol. The highest BCUT2D eigenvalue weighted by Gasteiger charge is 2.17. The summed E-state index contributed by atoms with van der Waals surface area (Å²) in [7, 11) is -3.36. The molecule has 0 spiro atoms. The highest BCUT2D eigenvalue weighted by molar-refractivity contribution is 7.90. The number of ether oxygens (including phenoxy) is 1. The van der Waals surface area contributed by atoms with Crippen LogP contribution in [-0.2, 0) is 25.8 Å². The molecule has 3 rings (SSSR count). The van der Waals surface area contributed by atoms with Gasteiger partial charge in [0.1, 0.15) is 5.82 Å². The molecule has 1 heterocycles. The van der Waals surface area contributed by atoms with Gasteiger partial charge in [-0.05, 0) is 60.9 Å². The molecule has 3 aromatic rings. The SMILES string of the molecule is CCCC(=O)OCCc1c(-c2cccc(S(C)(=O)=O)c2)cn(-c2ccc(F)cc2)c1C. The number of sulfone groups is 1. The van der Waals surface area contributed by atoms with Crippen molar-refractivity contribution >= 4 is 15.8 Å². The molecule has 5 nitrogen and oxygen atoms in total. The second-order valence-corrected chi connectivity index (χ2v) is 9.49. The molecule has 31 heavy (non-hydrogen) atoms. The molecule has 0 saturated heterocycles. The number of rotatable bonds is 8. The van der Waals surface area contributed by atoms with Gasteiger partial charge in [-0.2, -0.15) is 0 Å². The fraction of sp³-hybridized carbons (Fsp3) is 0.292. The summed E-state index contributed by atoms with van der Waals surface area (Å²) in [6, 6.07) is 12.9. The Morgan fingerprint density at radius 3 is 2.48 bits per heavy atom. The molecule has 0 atom stereocenters. The molecule has 0 saturated carbocycles. The quantitative estimate of drug-likeness (QED) is 0.466. The molecule has 0 aliphatic rings. The Labute approximate surface area is 182 Å². The minimum atomic E-state index is -3.36. The third kappa shape index (κ3) is 5.41. The van der Waals surface area contributed by atoms with Crippen LogP contribution in [0.5, 0.6) is 0 Å². The summed E-state index contributed by atoms with van der Waals surface area (Å²) in [5.41, 5.74) is 4.24. The Morgan fingerprint density at radius 2 is 1.84 bits per heavy atom. The van der Waals surface area contributed by atoms with Crippen molar-refractivity contribution in [3.8, 4) is 16.8 Å². The zero-order valence-corrected chi connectivity index (χ0v) is 18.7. The van der Waals surface area contributed by atoms with Crippen LogP contribution in [0.25, 0.3) is 16.8 Å². The molecule has 0 radical (unpaired) electrons. The lowest BCUT2D eigenvalue weighted by Gasteiger charge is -2.09. The first kappa shape index (κ1) is 22.7. The molecule has 1 aromatic heterocycles. The molecule has 164 valence electrons. The molecule has 0 aliphatic heterocycles. The molecule has 0 unspecified atom stereocenters. The van der Waals surface area contributed by atoms with E-state index in [1.165, 1.54) is 18.4 Å². The fourth-order valence-electron chi connectivity index (χ4n) is 3.52. The van der Waals surface area contributed by atoms with Crippen LogP contribution in [0, 0.1) is 12.7 Å². The zero-order chi connectivity index (χ0) is 22.6. The summed E-state index contributed by atoms with van der Waals surface area (Å²) in [4.78, 5) is 12.0. The first-order chi connectivity index (χ1) is 14.7. The molecule has 0 fully saturated rings.